The zero-order valence-corrected chi connectivity index (χ0v) is 15.7. The van der Waals surface area contributed by atoms with Gasteiger partial charge in [-0.15, -0.1) is 0 Å². The first-order chi connectivity index (χ1) is 12.5. The van der Waals surface area contributed by atoms with Crippen molar-refractivity contribution in [3.05, 3.63) is 23.8 Å². The van der Waals surface area contributed by atoms with Gasteiger partial charge in [-0.25, -0.2) is 4.79 Å². The molecule has 0 aromatic heterocycles. The summed E-state index contributed by atoms with van der Waals surface area (Å²) < 4.78 is 15.5. The van der Waals surface area contributed by atoms with Gasteiger partial charge in [-0.2, -0.15) is 4.89 Å². The molecule has 2 unspecified atom stereocenters. The van der Waals surface area contributed by atoms with Crippen LogP contribution >= 0.6 is 0 Å². The highest BCUT2D eigenvalue weighted by atomic mass is 17.2. The molecule has 0 amide bonds. The van der Waals surface area contributed by atoms with Crippen molar-refractivity contribution in [3.63, 3.8) is 0 Å². The zero-order valence-electron chi connectivity index (χ0n) is 15.7. The number of hydrogen-bond acceptors (Lipinski definition) is 7. The molecule has 2 rings (SSSR count). The van der Waals surface area contributed by atoms with E-state index >= 15 is 0 Å². The van der Waals surface area contributed by atoms with Crippen molar-refractivity contribution >= 4 is 11.8 Å². The summed E-state index contributed by atoms with van der Waals surface area (Å²) in [6.07, 6.45) is 2.78. The number of Topliss-reactive ketones (excluding diaryl/α,β-unsaturated/α-hetero) is 1. The van der Waals surface area contributed by atoms with Gasteiger partial charge >= 0.3 is 5.97 Å². The molecule has 1 aliphatic rings. The van der Waals surface area contributed by atoms with Crippen LogP contribution in [-0.4, -0.2) is 39.4 Å². The molecule has 0 aliphatic heterocycles. The van der Waals surface area contributed by atoms with E-state index in [-0.39, 0.29) is 17.3 Å². The molecule has 0 bridgehead atoms. The van der Waals surface area contributed by atoms with E-state index in [0.717, 1.165) is 25.7 Å². The lowest BCUT2D eigenvalue weighted by atomic mass is 9.84. The lowest BCUT2D eigenvalue weighted by molar-refractivity contribution is -0.344. The Kier molecular flexibility index (Phi) is 7.41. The molecular weight excluding hydrogens is 340 g/mol. The van der Waals surface area contributed by atoms with Crippen LogP contribution in [0.2, 0.25) is 0 Å². The molecule has 1 aromatic carbocycles. The van der Waals surface area contributed by atoms with E-state index in [1.807, 2.05) is 0 Å². The third-order valence-electron chi connectivity index (χ3n) is 4.68. The summed E-state index contributed by atoms with van der Waals surface area (Å²) in [6.45, 7) is 1.59. The average Bonchev–Trinajstić information content (AvgIpc) is 3.19. The second-order valence-corrected chi connectivity index (χ2v) is 6.23. The molecule has 144 valence electrons. The van der Waals surface area contributed by atoms with Crippen LogP contribution < -0.4 is 9.47 Å². The monoisotopic (exact) mass is 366 g/mol. The molecular formula is C19H26O7. The quantitative estimate of drug-likeness (QED) is 0.218. The molecule has 7 heteroatoms. The molecule has 2 atom stereocenters. The number of methoxy groups -OCH3 is 3. The predicted octanol–water partition coefficient (Wildman–Crippen LogP) is 3.16. The highest BCUT2D eigenvalue weighted by Gasteiger charge is 2.41. The Morgan fingerprint density at radius 3 is 2.12 bits per heavy atom. The molecule has 7 nitrogen and oxygen atoms in total. The van der Waals surface area contributed by atoms with Crippen molar-refractivity contribution in [2.75, 3.05) is 21.3 Å². The fraction of sp³-hybridized carbons (Fsp3) is 0.579. The van der Waals surface area contributed by atoms with E-state index in [2.05, 4.69) is 0 Å². The average molecular weight is 366 g/mol. The smallest absolute Gasteiger partial charge is 0.353 e. The topological polar surface area (TPSA) is 80.3 Å². The molecule has 26 heavy (non-hydrogen) atoms. The van der Waals surface area contributed by atoms with Crippen LogP contribution in [0.4, 0.5) is 0 Å². The summed E-state index contributed by atoms with van der Waals surface area (Å²) in [5.41, 5.74) is 0.242. The van der Waals surface area contributed by atoms with Crippen molar-refractivity contribution in [3.8, 4) is 11.5 Å². The first kappa shape index (κ1) is 20.2. The fourth-order valence-electron chi connectivity index (χ4n) is 3.26. The van der Waals surface area contributed by atoms with Gasteiger partial charge in [0.2, 0.25) is 0 Å². The molecule has 0 saturated heterocycles. The molecule has 0 heterocycles. The summed E-state index contributed by atoms with van der Waals surface area (Å²) in [7, 11) is 4.37. The number of ether oxygens (including phenoxy) is 3. The van der Waals surface area contributed by atoms with Crippen molar-refractivity contribution in [1.82, 2.24) is 0 Å². The SMILES string of the molecule is COc1cccc(OC)c1C(=O)C(C(=O)OOC(C)OC)C1CCCC1. The molecule has 1 saturated carbocycles. The molecule has 1 aromatic rings. The Balaban J connectivity index is 2.33. The summed E-state index contributed by atoms with van der Waals surface area (Å²) in [5, 5.41) is 0. The normalized spacial score (nSPS) is 16.8. The Morgan fingerprint density at radius 2 is 1.62 bits per heavy atom. The summed E-state index contributed by atoms with van der Waals surface area (Å²) in [4.78, 5) is 35.8. The van der Waals surface area contributed by atoms with Crippen LogP contribution in [0.5, 0.6) is 11.5 Å². The standard InChI is InChI=1S/C19H26O7/c1-12(22-2)25-26-19(21)16(13-8-5-6-9-13)18(20)17-14(23-3)10-7-11-15(17)24-4/h7,10-13,16H,5-6,8-9H2,1-4H3. The third kappa shape index (κ3) is 4.53. The van der Waals surface area contributed by atoms with Gasteiger partial charge in [0.15, 0.2) is 12.1 Å². The van der Waals surface area contributed by atoms with Crippen LogP contribution in [0, 0.1) is 11.8 Å². The number of rotatable bonds is 9. The Labute approximate surface area is 153 Å². The van der Waals surface area contributed by atoms with Gasteiger partial charge in [-0.1, -0.05) is 18.9 Å². The van der Waals surface area contributed by atoms with Gasteiger partial charge < -0.3 is 14.2 Å². The molecule has 0 N–H and O–H groups in total. The minimum Gasteiger partial charge on any atom is -0.496 e. The van der Waals surface area contributed by atoms with E-state index in [1.165, 1.54) is 21.3 Å². The maximum atomic E-state index is 13.3. The maximum absolute atomic E-state index is 13.3. The summed E-state index contributed by atoms with van der Waals surface area (Å²) in [5.74, 6) is -1.48. The molecule has 1 fully saturated rings. The van der Waals surface area contributed by atoms with Gasteiger partial charge in [-0.05, 0) is 37.8 Å². The van der Waals surface area contributed by atoms with E-state index in [0.29, 0.717) is 11.5 Å². The number of hydrogen-bond donors (Lipinski definition) is 0. The van der Waals surface area contributed by atoms with E-state index in [4.69, 9.17) is 24.0 Å². The Bertz CT molecular complexity index is 600. The zero-order chi connectivity index (χ0) is 19.1. The highest BCUT2D eigenvalue weighted by Crippen LogP contribution is 2.38. The Morgan fingerprint density at radius 1 is 1.04 bits per heavy atom. The first-order valence-corrected chi connectivity index (χ1v) is 8.68. The van der Waals surface area contributed by atoms with Gasteiger partial charge in [0.25, 0.3) is 0 Å². The fourth-order valence-corrected chi connectivity index (χ4v) is 3.26. The maximum Gasteiger partial charge on any atom is 0.353 e. The van der Waals surface area contributed by atoms with Gasteiger partial charge in [-0.3, -0.25) is 9.68 Å². The predicted molar refractivity (Wildman–Crippen MR) is 93.0 cm³/mol. The van der Waals surface area contributed by atoms with E-state index in [9.17, 15) is 9.59 Å². The number of carbonyl (C=O) groups excluding carboxylic acids is 2. The lowest BCUT2D eigenvalue weighted by Crippen LogP contribution is -2.33. The largest absolute Gasteiger partial charge is 0.496 e. The summed E-state index contributed by atoms with van der Waals surface area (Å²) >= 11 is 0. The van der Waals surface area contributed by atoms with Crippen LogP contribution in [0.1, 0.15) is 43.0 Å². The first-order valence-electron chi connectivity index (χ1n) is 8.68. The minimum atomic E-state index is -0.980. The van der Waals surface area contributed by atoms with Crippen LogP contribution in [0.15, 0.2) is 18.2 Å². The minimum absolute atomic E-state index is 0.105. The lowest BCUT2D eigenvalue weighted by Gasteiger charge is -2.22. The van der Waals surface area contributed by atoms with Crippen molar-refractivity contribution < 1.29 is 33.6 Å². The van der Waals surface area contributed by atoms with Crippen molar-refractivity contribution in [2.45, 2.75) is 38.9 Å². The molecule has 0 radical (unpaired) electrons. The van der Waals surface area contributed by atoms with Gasteiger partial charge in [0.1, 0.15) is 23.0 Å². The van der Waals surface area contributed by atoms with Gasteiger partial charge in [0.05, 0.1) is 14.2 Å². The third-order valence-corrected chi connectivity index (χ3v) is 4.68. The van der Waals surface area contributed by atoms with E-state index in [1.54, 1.807) is 25.1 Å². The van der Waals surface area contributed by atoms with Crippen molar-refractivity contribution in [2.24, 2.45) is 11.8 Å². The summed E-state index contributed by atoms with van der Waals surface area (Å²) in [6, 6.07) is 5.05. The molecule has 1 aliphatic carbocycles. The van der Waals surface area contributed by atoms with Crippen LogP contribution in [0.3, 0.4) is 0 Å². The Hall–Kier alpha value is -2.12. The number of ketones is 1. The van der Waals surface area contributed by atoms with Crippen LogP contribution in [0.25, 0.3) is 0 Å². The number of carbonyl (C=O) groups is 2. The second-order valence-electron chi connectivity index (χ2n) is 6.23. The second kappa shape index (κ2) is 9.54. The van der Waals surface area contributed by atoms with E-state index < -0.39 is 18.2 Å². The van der Waals surface area contributed by atoms with Gasteiger partial charge in [0, 0.05) is 7.11 Å². The molecule has 0 spiro atoms. The van der Waals surface area contributed by atoms with Crippen molar-refractivity contribution in [1.29, 1.82) is 0 Å². The highest BCUT2D eigenvalue weighted by molar-refractivity contribution is 6.11. The number of benzene rings is 1. The van der Waals surface area contributed by atoms with Crippen LogP contribution in [-0.2, 0) is 19.3 Å².